The third-order valence-electron chi connectivity index (χ3n) is 6.34. The Kier molecular flexibility index (Phi) is 4.69. The normalized spacial score (nSPS) is 12.4. The molecule has 0 bridgehead atoms. The van der Waals surface area contributed by atoms with Crippen LogP contribution in [-0.2, 0) is 13.0 Å². The molecule has 144 valence electrons. The van der Waals surface area contributed by atoms with E-state index in [1.165, 1.54) is 49.7 Å². The van der Waals surface area contributed by atoms with Gasteiger partial charge in [0.25, 0.3) is 0 Å². The summed E-state index contributed by atoms with van der Waals surface area (Å²) in [5.74, 6) is 0. The molecule has 0 fully saturated rings. The predicted octanol–water partition coefficient (Wildman–Crippen LogP) is 6.92. The van der Waals surface area contributed by atoms with Gasteiger partial charge in [0, 0.05) is 6.54 Å². The number of nitrogens with zero attached hydrogens (tertiary/aromatic N) is 1. The van der Waals surface area contributed by atoms with E-state index in [-0.39, 0.29) is 0 Å². The molecule has 4 aromatic rings. The van der Waals surface area contributed by atoms with Crippen molar-refractivity contribution in [2.45, 2.75) is 26.8 Å². The molecule has 0 N–H and O–H groups in total. The molecule has 1 aliphatic rings. The highest BCUT2D eigenvalue weighted by Crippen LogP contribution is 2.42. The van der Waals surface area contributed by atoms with Gasteiger partial charge in [-0.05, 0) is 87.4 Å². The molecule has 4 aromatic carbocycles. The van der Waals surface area contributed by atoms with Crippen molar-refractivity contribution in [3.05, 3.63) is 95.6 Å². The largest absolute Gasteiger partial charge is 0.300 e. The third kappa shape index (κ3) is 3.26. The van der Waals surface area contributed by atoms with Crippen molar-refractivity contribution in [1.82, 2.24) is 4.90 Å². The second-order valence-electron chi connectivity index (χ2n) is 8.03. The van der Waals surface area contributed by atoms with E-state index in [1.807, 2.05) is 0 Å². The lowest BCUT2D eigenvalue weighted by molar-refractivity contribution is 0.296. The highest BCUT2D eigenvalue weighted by Gasteiger charge is 2.19. The summed E-state index contributed by atoms with van der Waals surface area (Å²) < 4.78 is 0. The fourth-order valence-electron chi connectivity index (χ4n) is 4.68. The summed E-state index contributed by atoms with van der Waals surface area (Å²) in [6.45, 7) is 7.66. The highest BCUT2D eigenvalue weighted by atomic mass is 15.1. The monoisotopic (exact) mass is 377 g/mol. The molecule has 1 aliphatic carbocycles. The van der Waals surface area contributed by atoms with Gasteiger partial charge in [0.2, 0.25) is 0 Å². The lowest BCUT2D eigenvalue weighted by Crippen LogP contribution is -2.21. The molecule has 0 heterocycles. The van der Waals surface area contributed by atoms with E-state index in [9.17, 15) is 0 Å². The summed E-state index contributed by atoms with van der Waals surface area (Å²) in [4.78, 5) is 2.47. The maximum atomic E-state index is 2.47. The first-order valence-electron chi connectivity index (χ1n) is 10.7. The molecule has 29 heavy (non-hydrogen) atoms. The molecular formula is C28H27N. The average molecular weight is 378 g/mol. The predicted molar refractivity (Wildman–Crippen MR) is 124 cm³/mol. The fourth-order valence-corrected chi connectivity index (χ4v) is 4.68. The minimum Gasteiger partial charge on any atom is -0.300 e. The van der Waals surface area contributed by atoms with Crippen LogP contribution in [0.2, 0.25) is 0 Å². The lowest BCUT2D eigenvalue weighted by atomic mass is 9.91. The van der Waals surface area contributed by atoms with Crippen LogP contribution in [0.15, 0.2) is 78.9 Å². The van der Waals surface area contributed by atoms with E-state index < -0.39 is 0 Å². The molecule has 0 spiro atoms. The van der Waals surface area contributed by atoms with E-state index >= 15 is 0 Å². The van der Waals surface area contributed by atoms with Crippen LogP contribution in [0.5, 0.6) is 0 Å². The first-order valence-corrected chi connectivity index (χ1v) is 10.7. The maximum absolute atomic E-state index is 2.47. The van der Waals surface area contributed by atoms with Gasteiger partial charge in [-0.25, -0.2) is 0 Å². The second-order valence-corrected chi connectivity index (χ2v) is 8.03. The number of benzene rings is 4. The maximum Gasteiger partial charge on any atom is 0.0233 e. The molecular weight excluding hydrogens is 350 g/mol. The zero-order valence-electron chi connectivity index (χ0n) is 17.3. The summed E-state index contributed by atoms with van der Waals surface area (Å²) in [5.41, 5.74) is 9.67. The van der Waals surface area contributed by atoms with Crippen LogP contribution in [0.3, 0.4) is 0 Å². The quantitative estimate of drug-likeness (QED) is 0.328. The van der Waals surface area contributed by atoms with Crippen LogP contribution in [0.4, 0.5) is 0 Å². The topological polar surface area (TPSA) is 3.24 Å². The first-order chi connectivity index (χ1) is 14.3. The zero-order valence-corrected chi connectivity index (χ0v) is 17.3. The number of rotatable bonds is 4. The molecule has 0 unspecified atom stereocenters. The molecule has 0 atom stereocenters. The molecule has 1 heteroatoms. The minimum atomic E-state index is 0.991. The second kappa shape index (κ2) is 7.50. The number of fused-ring (bicyclic) bond motifs is 6. The van der Waals surface area contributed by atoms with Gasteiger partial charge >= 0.3 is 0 Å². The van der Waals surface area contributed by atoms with Crippen LogP contribution >= 0.6 is 0 Å². The van der Waals surface area contributed by atoms with Crippen molar-refractivity contribution in [1.29, 1.82) is 0 Å². The van der Waals surface area contributed by atoms with Gasteiger partial charge in [-0.1, -0.05) is 74.5 Å². The van der Waals surface area contributed by atoms with Crippen LogP contribution in [0, 0.1) is 0 Å². The minimum absolute atomic E-state index is 0.991. The van der Waals surface area contributed by atoms with Gasteiger partial charge in [-0.3, -0.25) is 4.90 Å². The molecule has 0 amide bonds. The Morgan fingerprint density at radius 2 is 1.21 bits per heavy atom. The Morgan fingerprint density at radius 3 is 1.83 bits per heavy atom. The molecule has 0 radical (unpaired) electrons. The van der Waals surface area contributed by atoms with Crippen molar-refractivity contribution < 1.29 is 0 Å². The molecule has 0 aromatic heterocycles. The summed E-state index contributed by atoms with van der Waals surface area (Å²) >= 11 is 0. The summed E-state index contributed by atoms with van der Waals surface area (Å²) in [6.07, 6.45) is 0.991. The van der Waals surface area contributed by atoms with Gasteiger partial charge in [0.15, 0.2) is 0 Å². The van der Waals surface area contributed by atoms with Crippen LogP contribution in [-0.4, -0.2) is 18.0 Å². The third-order valence-corrected chi connectivity index (χ3v) is 6.34. The Labute approximate surface area is 173 Å². The van der Waals surface area contributed by atoms with E-state index in [0.717, 1.165) is 26.1 Å². The van der Waals surface area contributed by atoms with Crippen molar-refractivity contribution in [3.63, 3.8) is 0 Å². The Morgan fingerprint density at radius 1 is 0.621 bits per heavy atom. The fraction of sp³-hybridized carbons (Fsp3) is 0.214. The Hall–Kier alpha value is -2.90. The van der Waals surface area contributed by atoms with E-state index in [1.54, 1.807) is 0 Å². The van der Waals surface area contributed by atoms with Crippen molar-refractivity contribution in [2.24, 2.45) is 0 Å². The van der Waals surface area contributed by atoms with Crippen molar-refractivity contribution >= 4 is 10.8 Å². The number of hydrogen-bond donors (Lipinski definition) is 0. The molecule has 1 nitrogen and oxygen atoms in total. The SMILES string of the molecule is CCN(CC)Cc1ccc2cc3c(cc2c1)-c1ccccc1Cc1ccccc1-3. The van der Waals surface area contributed by atoms with E-state index in [0.29, 0.717) is 0 Å². The van der Waals surface area contributed by atoms with Gasteiger partial charge in [-0.2, -0.15) is 0 Å². The zero-order chi connectivity index (χ0) is 19.8. The van der Waals surface area contributed by atoms with E-state index in [4.69, 9.17) is 0 Å². The van der Waals surface area contributed by atoms with Crippen molar-refractivity contribution in [3.8, 4) is 22.3 Å². The summed E-state index contributed by atoms with van der Waals surface area (Å²) in [6, 6.07) is 29.6. The average Bonchev–Trinajstić information content (AvgIpc) is 2.90. The highest BCUT2D eigenvalue weighted by molar-refractivity contribution is 5.98. The lowest BCUT2D eigenvalue weighted by Gasteiger charge is -2.19. The van der Waals surface area contributed by atoms with Crippen LogP contribution in [0.25, 0.3) is 33.0 Å². The smallest absolute Gasteiger partial charge is 0.0233 e. The van der Waals surface area contributed by atoms with Gasteiger partial charge in [0.1, 0.15) is 0 Å². The first kappa shape index (κ1) is 18.1. The molecule has 0 aliphatic heterocycles. The van der Waals surface area contributed by atoms with E-state index in [2.05, 4.69) is 97.6 Å². The van der Waals surface area contributed by atoms with Gasteiger partial charge in [0.05, 0.1) is 0 Å². The number of hydrogen-bond acceptors (Lipinski definition) is 1. The van der Waals surface area contributed by atoms with Gasteiger partial charge < -0.3 is 0 Å². The van der Waals surface area contributed by atoms with Crippen LogP contribution in [0.1, 0.15) is 30.5 Å². The van der Waals surface area contributed by atoms with Gasteiger partial charge in [-0.15, -0.1) is 0 Å². The standard InChI is InChI=1S/C28H27N/c1-3-29(4-2)19-20-13-14-21-17-27-25-11-7-5-9-22(25)16-23-10-6-8-12-26(23)28(27)18-24(21)15-20/h5-15,17-18H,3-4,16,19H2,1-2H3. The van der Waals surface area contributed by atoms with Crippen LogP contribution < -0.4 is 0 Å². The Balaban J connectivity index is 1.72. The molecule has 5 rings (SSSR count). The molecule has 0 saturated heterocycles. The molecule has 0 saturated carbocycles. The Bertz CT molecular complexity index is 1180. The summed E-state index contributed by atoms with van der Waals surface area (Å²) in [7, 11) is 0. The summed E-state index contributed by atoms with van der Waals surface area (Å²) in [5, 5.41) is 2.66. The van der Waals surface area contributed by atoms with Crippen molar-refractivity contribution in [2.75, 3.05) is 13.1 Å².